The lowest BCUT2D eigenvalue weighted by Gasteiger charge is -2.12. The van der Waals surface area contributed by atoms with E-state index < -0.39 is 0 Å². The highest BCUT2D eigenvalue weighted by Gasteiger charge is 2.18. The van der Waals surface area contributed by atoms with Gasteiger partial charge in [-0.3, -0.25) is 0 Å². The minimum atomic E-state index is -0.0764. The largest absolute Gasteiger partial charge is 0.462 e. The van der Waals surface area contributed by atoms with E-state index in [1.165, 1.54) is 0 Å². The number of hydrogen-bond donors (Lipinski definition) is 3. The average molecular weight is 318 g/mol. The molecule has 1 aliphatic heterocycles. The second-order valence-corrected chi connectivity index (χ2v) is 5.89. The zero-order valence-corrected chi connectivity index (χ0v) is 13.4. The van der Waals surface area contributed by atoms with Crippen molar-refractivity contribution < 1.29 is 4.74 Å². The summed E-state index contributed by atoms with van der Waals surface area (Å²) < 4.78 is 7.68. The van der Waals surface area contributed by atoms with Gasteiger partial charge in [0.25, 0.3) is 0 Å². The van der Waals surface area contributed by atoms with E-state index in [9.17, 15) is 0 Å². The Bertz CT molecular complexity index is 713. The Hall–Kier alpha value is -2.42. The van der Waals surface area contributed by atoms with Gasteiger partial charge in [0.15, 0.2) is 22.9 Å². The normalized spacial score (nSPS) is 17.8. The van der Waals surface area contributed by atoms with Gasteiger partial charge in [-0.2, -0.15) is 15.0 Å². The summed E-state index contributed by atoms with van der Waals surface area (Å²) >= 11 is 0. The van der Waals surface area contributed by atoms with Gasteiger partial charge in [-0.15, -0.1) is 0 Å². The molecule has 9 heteroatoms. The van der Waals surface area contributed by atoms with Crippen LogP contribution < -0.4 is 21.5 Å². The summed E-state index contributed by atoms with van der Waals surface area (Å²) in [6, 6.07) is 0.788. The number of fused-ring (bicyclic) bond motifs is 1. The molecule has 0 saturated carbocycles. The van der Waals surface area contributed by atoms with Crippen LogP contribution in [0.3, 0.4) is 0 Å². The maximum absolute atomic E-state index is 5.75. The van der Waals surface area contributed by atoms with Gasteiger partial charge >= 0.3 is 6.01 Å². The molecule has 0 bridgehead atoms. The lowest BCUT2D eigenvalue weighted by molar-refractivity contribution is 0.258. The fourth-order valence-corrected chi connectivity index (χ4v) is 2.60. The van der Waals surface area contributed by atoms with Crippen LogP contribution in [0.1, 0.15) is 32.7 Å². The highest BCUT2D eigenvalue weighted by atomic mass is 16.5. The van der Waals surface area contributed by atoms with Crippen molar-refractivity contribution in [1.82, 2.24) is 24.8 Å². The van der Waals surface area contributed by atoms with Gasteiger partial charge < -0.3 is 26.1 Å². The van der Waals surface area contributed by atoms with Crippen molar-refractivity contribution in [3.05, 3.63) is 6.33 Å². The van der Waals surface area contributed by atoms with E-state index in [2.05, 4.69) is 25.3 Å². The monoisotopic (exact) mass is 318 g/mol. The Balaban J connectivity index is 1.96. The zero-order valence-electron chi connectivity index (χ0n) is 13.4. The van der Waals surface area contributed by atoms with Crippen LogP contribution in [0.5, 0.6) is 6.01 Å². The van der Waals surface area contributed by atoms with Gasteiger partial charge in [-0.05, 0) is 33.2 Å². The third-order valence-corrected chi connectivity index (χ3v) is 3.75. The second-order valence-electron chi connectivity index (χ2n) is 5.89. The van der Waals surface area contributed by atoms with Crippen molar-refractivity contribution in [2.75, 3.05) is 13.2 Å². The molecule has 9 nitrogen and oxygen atoms in total. The molecule has 1 aliphatic rings. The third kappa shape index (κ3) is 3.34. The molecule has 3 heterocycles. The fraction of sp³-hybridized carbons (Fsp3) is 0.571. The molecule has 1 atom stereocenters. The highest BCUT2D eigenvalue weighted by Crippen LogP contribution is 2.26. The third-order valence-electron chi connectivity index (χ3n) is 3.75. The van der Waals surface area contributed by atoms with Crippen molar-refractivity contribution >= 4 is 22.9 Å². The van der Waals surface area contributed by atoms with Crippen LogP contribution in [0.25, 0.3) is 11.2 Å². The zero-order chi connectivity index (χ0) is 16.4. The molecule has 0 spiro atoms. The van der Waals surface area contributed by atoms with E-state index in [-0.39, 0.29) is 18.0 Å². The fourth-order valence-electron chi connectivity index (χ4n) is 2.60. The van der Waals surface area contributed by atoms with Crippen LogP contribution in [0, 0.1) is 0 Å². The molecule has 1 fully saturated rings. The van der Waals surface area contributed by atoms with Crippen LogP contribution in [0.4, 0.5) is 5.82 Å². The van der Waals surface area contributed by atoms with E-state index >= 15 is 0 Å². The van der Waals surface area contributed by atoms with Crippen LogP contribution in [0.15, 0.2) is 11.3 Å². The lowest BCUT2D eigenvalue weighted by atomic mass is 10.2. The molecular formula is C14H22N8O. The van der Waals surface area contributed by atoms with Gasteiger partial charge in [0.05, 0.1) is 6.33 Å². The van der Waals surface area contributed by atoms with Crippen molar-refractivity contribution in [2.45, 2.75) is 38.8 Å². The number of aliphatic imine (C=N–C) groups is 1. The minimum absolute atomic E-state index is 0.0764. The molecule has 0 aromatic carbocycles. The number of imidazole rings is 1. The standard InChI is InChI=1S/C14H22N8O/c1-8(2)22-7-18-10-11(19-13(15)16)20-14(21-12(10)22)23-6-9-4-3-5-17-9/h7-9,17H,3-6H2,1-2H3,(H4,15,16,19,20,21)/t9-/m1/s1. The van der Waals surface area contributed by atoms with E-state index in [0.717, 1.165) is 19.4 Å². The number of ether oxygens (including phenoxy) is 1. The maximum Gasteiger partial charge on any atom is 0.320 e. The van der Waals surface area contributed by atoms with Crippen molar-refractivity contribution in [3.8, 4) is 6.01 Å². The summed E-state index contributed by atoms with van der Waals surface area (Å²) in [7, 11) is 0. The van der Waals surface area contributed by atoms with Gasteiger partial charge in [0, 0.05) is 12.1 Å². The molecule has 3 rings (SSSR count). The summed E-state index contributed by atoms with van der Waals surface area (Å²) in [6.07, 6.45) is 3.96. The van der Waals surface area contributed by atoms with Crippen molar-refractivity contribution in [3.63, 3.8) is 0 Å². The molecule has 124 valence electrons. The van der Waals surface area contributed by atoms with Crippen LogP contribution in [0.2, 0.25) is 0 Å². The van der Waals surface area contributed by atoms with Crippen LogP contribution in [-0.4, -0.2) is 44.7 Å². The Morgan fingerprint density at radius 3 is 2.96 bits per heavy atom. The van der Waals surface area contributed by atoms with E-state index in [4.69, 9.17) is 16.2 Å². The molecule has 5 N–H and O–H groups in total. The number of nitrogens with two attached hydrogens (primary N) is 2. The first-order chi connectivity index (χ1) is 11.0. The van der Waals surface area contributed by atoms with Crippen molar-refractivity contribution in [2.24, 2.45) is 16.5 Å². The maximum atomic E-state index is 5.75. The van der Waals surface area contributed by atoms with Crippen molar-refractivity contribution in [1.29, 1.82) is 0 Å². The summed E-state index contributed by atoms with van der Waals surface area (Å²) in [6.45, 7) is 5.63. The number of aromatic nitrogens is 4. The van der Waals surface area contributed by atoms with E-state index in [1.807, 2.05) is 18.4 Å². The van der Waals surface area contributed by atoms with Gasteiger partial charge in [0.2, 0.25) is 0 Å². The summed E-state index contributed by atoms with van der Waals surface area (Å²) in [5, 5.41) is 3.37. The summed E-state index contributed by atoms with van der Waals surface area (Å²) in [5.74, 6) is 0.247. The Morgan fingerprint density at radius 1 is 1.48 bits per heavy atom. The first kappa shape index (κ1) is 15.5. The topological polar surface area (TPSA) is 129 Å². The predicted octanol–water partition coefficient (Wildman–Crippen LogP) is 0.443. The average Bonchev–Trinajstić information content (AvgIpc) is 3.13. The second kappa shape index (κ2) is 6.37. The quantitative estimate of drug-likeness (QED) is 0.539. The molecule has 0 unspecified atom stereocenters. The van der Waals surface area contributed by atoms with Gasteiger partial charge in [0.1, 0.15) is 6.61 Å². The first-order valence-corrected chi connectivity index (χ1v) is 7.75. The highest BCUT2D eigenvalue weighted by molar-refractivity contribution is 5.87. The Labute approximate surface area is 134 Å². The predicted molar refractivity (Wildman–Crippen MR) is 87.7 cm³/mol. The summed E-state index contributed by atoms with van der Waals surface area (Å²) in [5.41, 5.74) is 12.2. The number of rotatable bonds is 5. The molecular weight excluding hydrogens is 296 g/mol. The molecule has 0 radical (unpaired) electrons. The van der Waals surface area contributed by atoms with E-state index in [1.54, 1.807) is 6.33 Å². The van der Waals surface area contributed by atoms with Crippen LogP contribution in [-0.2, 0) is 0 Å². The molecule has 1 saturated heterocycles. The number of nitrogens with zero attached hydrogens (tertiary/aromatic N) is 5. The summed E-state index contributed by atoms with van der Waals surface area (Å²) in [4.78, 5) is 17.1. The molecule has 2 aromatic heterocycles. The van der Waals surface area contributed by atoms with Gasteiger partial charge in [-0.25, -0.2) is 4.98 Å². The lowest BCUT2D eigenvalue weighted by Crippen LogP contribution is -2.28. The Morgan fingerprint density at radius 2 is 2.30 bits per heavy atom. The molecule has 0 aliphatic carbocycles. The Kier molecular flexibility index (Phi) is 4.28. The molecule has 2 aromatic rings. The number of nitrogens with one attached hydrogen (secondary N) is 1. The number of hydrogen-bond acceptors (Lipinski definition) is 6. The van der Waals surface area contributed by atoms with Crippen LogP contribution >= 0.6 is 0 Å². The smallest absolute Gasteiger partial charge is 0.320 e. The van der Waals surface area contributed by atoms with E-state index in [0.29, 0.717) is 29.6 Å². The molecule has 23 heavy (non-hydrogen) atoms. The molecule has 0 amide bonds. The first-order valence-electron chi connectivity index (χ1n) is 7.75. The van der Waals surface area contributed by atoms with Gasteiger partial charge in [-0.1, -0.05) is 0 Å². The minimum Gasteiger partial charge on any atom is -0.462 e. The SMILES string of the molecule is CC(C)n1cnc2c(N=C(N)N)nc(OC[C@H]3CCCN3)nc21. The number of guanidine groups is 1.